The summed E-state index contributed by atoms with van der Waals surface area (Å²) in [5, 5.41) is 17.6. The normalized spacial score (nSPS) is 14.4. The number of ether oxygens (including phenoxy) is 2. The standard InChI is InChI=1S/C18H25N3O2S.2C2HF3O2/c1-14-19-16(13-24-14)12-21-9-7-20(8-10-21)11-15-5-4-6-17(22-2)18(15)23-3;2*3-2(4,5)1(6)7/h4-6,13H,7-12H2,1-3H3;2*(H,6,7). The molecule has 2 N–H and O–H groups in total. The first kappa shape index (κ1) is 32.9. The second-order valence-electron chi connectivity index (χ2n) is 7.67. The highest BCUT2D eigenvalue weighted by atomic mass is 32.1. The van der Waals surface area contributed by atoms with Crippen LogP contribution in [0.2, 0.25) is 0 Å². The first-order valence-electron chi connectivity index (χ1n) is 10.7. The number of aromatic nitrogens is 1. The van der Waals surface area contributed by atoms with E-state index in [0.29, 0.717) is 0 Å². The van der Waals surface area contributed by atoms with Crippen LogP contribution in [0.5, 0.6) is 11.5 Å². The molecule has 1 aliphatic rings. The molecule has 1 aromatic heterocycles. The summed E-state index contributed by atoms with van der Waals surface area (Å²) in [6, 6.07) is 6.08. The van der Waals surface area contributed by atoms with Gasteiger partial charge in [0.15, 0.2) is 11.5 Å². The zero-order chi connectivity index (χ0) is 29.1. The number of halogens is 6. The lowest BCUT2D eigenvalue weighted by molar-refractivity contribution is -0.193. The van der Waals surface area contributed by atoms with Crippen LogP contribution in [0.15, 0.2) is 23.6 Å². The fraction of sp³-hybridized carbons (Fsp3) is 0.500. The van der Waals surface area contributed by atoms with Gasteiger partial charge < -0.3 is 19.7 Å². The van der Waals surface area contributed by atoms with E-state index in [4.69, 9.17) is 29.3 Å². The average Bonchev–Trinajstić information content (AvgIpc) is 3.24. The second kappa shape index (κ2) is 14.7. The van der Waals surface area contributed by atoms with E-state index in [2.05, 4.69) is 33.2 Å². The highest BCUT2D eigenvalue weighted by Crippen LogP contribution is 2.31. The summed E-state index contributed by atoms with van der Waals surface area (Å²) in [6.07, 6.45) is -10.2. The highest BCUT2D eigenvalue weighted by Gasteiger charge is 2.38. The van der Waals surface area contributed by atoms with Crippen molar-refractivity contribution >= 4 is 23.3 Å². The van der Waals surface area contributed by atoms with E-state index in [9.17, 15) is 26.3 Å². The Morgan fingerprint density at radius 3 is 1.76 bits per heavy atom. The van der Waals surface area contributed by atoms with E-state index in [1.165, 1.54) is 11.3 Å². The number of nitrogens with zero attached hydrogens (tertiary/aromatic N) is 3. The molecule has 0 saturated carbocycles. The van der Waals surface area contributed by atoms with Crippen LogP contribution in [0.25, 0.3) is 0 Å². The monoisotopic (exact) mass is 575 g/mol. The molecule has 1 aromatic carbocycles. The molecule has 0 amide bonds. The Hall–Kier alpha value is -3.11. The molecule has 0 bridgehead atoms. The fourth-order valence-electron chi connectivity index (χ4n) is 3.13. The van der Waals surface area contributed by atoms with Gasteiger partial charge in [-0.1, -0.05) is 12.1 Å². The number of hydrogen-bond donors (Lipinski definition) is 2. The molecule has 0 atom stereocenters. The minimum atomic E-state index is -5.08. The second-order valence-corrected chi connectivity index (χ2v) is 8.73. The van der Waals surface area contributed by atoms with Crippen LogP contribution in [-0.2, 0) is 22.7 Å². The number of alkyl halides is 6. The quantitative estimate of drug-likeness (QED) is 0.493. The number of carboxylic acids is 2. The molecule has 2 heterocycles. The van der Waals surface area contributed by atoms with Crippen molar-refractivity contribution in [3.63, 3.8) is 0 Å². The number of hydrogen-bond acceptors (Lipinski definition) is 8. The summed E-state index contributed by atoms with van der Waals surface area (Å²) in [5.74, 6) is -3.87. The van der Waals surface area contributed by atoms with E-state index in [0.717, 1.165) is 55.8 Å². The van der Waals surface area contributed by atoms with Gasteiger partial charge in [0.2, 0.25) is 0 Å². The number of piperazine rings is 1. The molecule has 0 unspecified atom stereocenters. The minimum Gasteiger partial charge on any atom is -0.493 e. The van der Waals surface area contributed by atoms with Crippen LogP contribution >= 0.6 is 11.3 Å². The van der Waals surface area contributed by atoms with E-state index < -0.39 is 24.3 Å². The number of carbonyl (C=O) groups is 2. The molecule has 2 aromatic rings. The van der Waals surface area contributed by atoms with Crippen molar-refractivity contribution in [3.05, 3.63) is 39.8 Å². The van der Waals surface area contributed by atoms with Crippen LogP contribution in [0.3, 0.4) is 0 Å². The van der Waals surface area contributed by atoms with Crippen molar-refractivity contribution in [1.29, 1.82) is 0 Å². The summed E-state index contributed by atoms with van der Waals surface area (Å²) in [7, 11) is 3.38. The number of carboxylic acid groups (broad SMARTS) is 2. The molecule has 0 radical (unpaired) electrons. The number of thiazole rings is 1. The zero-order valence-electron chi connectivity index (χ0n) is 20.6. The molecular weight excluding hydrogens is 548 g/mol. The van der Waals surface area contributed by atoms with Crippen molar-refractivity contribution in [2.45, 2.75) is 32.4 Å². The molecule has 38 heavy (non-hydrogen) atoms. The molecule has 3 rings (SSSR count). The van der Waals surface area contributed by atoms with Gasteiger partial charge in [-0.3, -0.25) is 9.80 Å². The number of rotatable bonds is 6. The maximum Gasteiger partial charge on any atom is 0.490 e. The minimum absolute atomic E-state index is 0.799. The first-order chi connectivity index (χ1) is 17.6. The first-order valence-corrected chi connectivity index (χ1v) is 11.6. The summed E-state index contributed by atoms with van der Waals surface area (Å²) in [5.41, 5.74) is 2.38. The lowest BCUT2D eigenvalue weighted by Crippen LogP contribution is -2.45. The Bertz CT molecular complexity index is 1020. The van der Waals surface area contributed by atoms with Gasteiger partial charge in [0.05, 0.1) is 24.9 Å². The van der Waals surface area contributed by atoms with E-state index in [1.54, 1.807) is 25.6 Å². The Balaban J connectivity index is 0.000000426. The van der Waals surface area contributed by atoms with Crippen molar-refractivity contribution < 1.29 is 55.6 Å². The number of para-hydroxylation sites is 1. The summed E-state index contributed by atoms with van der Waals surface area (Å²) in [6.45, 7) is 8.18. The summed E-state index contributed by atoms with van der Waals surface area (Å²) in [4.78, 5) is 27.3. The molecule has 0 aliphatic carbocycles. The van der Waals surface area contributed by atoms with E-state index in [-0.39, 0.29) is 0 Å². The van der Waals surface area contributed by atoms with Gasteiger partial charge in [-0.05, 0) is 13.0 Å². The number of benzene rings is 1. The predicted molar refractivity (Wildman–Crippen MR) is 124 cm³/mol. The lowest BCUT2D eigenvalue weighted by atomic mass is 10.1. The summed E-state index contributed by atoms with van der Waals surface area (Å²) < 4.78 is 74.4. The maximum absolute atomic E-state index is 10.6. The van der Waals surface area contributed by atoms with Crippen molar-refractivity contribution in [3.8, 4) is 11.5 Å². The topological polar surface area (TPSA) is 112 Å². The Morgan fingerprint density at radius 2 is 1.39 bits per heavy atom. The maximum atomic E-state index is 10.6. The van der Waals surface area contributed by atoms with Gasteiger partial charge in [-0.15, -0.1) is 11.3 Å². The van der Waals surface area contributed by atoms with Gasteiger partial charge in [0.1, 0.15) is 0 Å². The van der Waals surface area contributed by atoms with Gasteiger partial charge in [-0.25, -0.2) is 14.6 Å². The van der Waals surface area contributed by atoms with Crippen LogP contribution < -0.4 is 9.47 Å². The lowest BCUT2D eigenvalue weighted by Gasteiger charge is -2.34. The highest BCUT2D eigenvalue weighted by molar-refractivity contribution is 7.09. The Kier molecular flexibility index (Phi) is 12.8. The van der Waals surface area contributed by atoms with Gasteiger partial charge in [0, 0.05) is 50.2 Å². The van der Waals surface area contributed by atoms with E-state index >= 15 is 0 Å². The van der Waals surface area contributed by atoms with E-state index in [1.807, 2.05) is 12.1 Å². The van der Waals surface area contributed by atoms with Crippen LogP contribution in [0.1, 0.15) is 16.3 Å². The molecular formula is C22H27F6N3O6S. The van der Waals surface area contributed by atoms with Crippen LogP contribution in [0.4, 0.5) is 26.3 Å². The Morgan fingerprint density at radius 1 is 0.921 bits per heavy atom. The third-order valence-corrected chi connectivity index (χ3v) is 5.70. The predicted octanol–water partition coefficient (Wildman–Crippen LogP) is 4.05. The van der Waals surface area contributed by atoms with Gasteiger partial charge in [-0.2, -0.15) is 26.3 Å². The number of aryl methyl sites for hydroxylation is 1. The molecule has 16 heteroatoms. The smallest absolute Gasteiger partial charge is 0.490 e. The third kappa shape index (κ3) is 11.5. The van der Waals surface area contributed by atoms with Crippen molar-refractivity contribution in [1.82, 2.24) is 14.8 Å². The van der Waals surface area contributed by atoms with Crippen molar-refractivity contribution in [2.24, 2.45) is 0 Å². The zero-order valence-corrected chi connectivity index (χ0v) is 21.4. The molecule has 214 valence electrons. The van der Waals surface area contributed by atoms with Crippen LogP contribution in [-0.4, -0.2) is 89.7 Å². The van der Waals surface area contributed by atoms with Gasteiger partial charge >= 0.3 is 24.3 Å². The molecule has 1 fully saturated rings. The fourth-order valence-corrected chi connectivity index (χ4v) is 3.74. The third-order valence-electron chi connectivity index (χ3n) is 4.88. The Labute approximate surface area is 218 Å². The van der Waals surface area contributed by atoms with Crippen molar-refractivity contribution in [2.75, 3.05) is 40.4 Å². The number of aliphatic carboxylic acids is 2. The molecule has 1 aliphatic heterocycles. The average molecular weight is 576 g/mol. The number of methoxy groups -OCH3 is 2. The van der Waals surface area contributed by atoms with Crippen LogP contribution in [0, 0.1) is 6.92 Å². The molecule has 9 nitrogen and oxygen atoms in total. The summed E-state index contributed by atoms with van der Waals surface area (Å²) >= 11 is 1.73. The molecule has 1 saturated heterocycles. The largest absolute Gasteiger partial charge is 0.493 e. The van der Waals surface area contributed by atoms with Gasteiger partial charge in [0.25, 0.3) is 0 Å². The molecule has 0 spiro atoms. The SMILES string of the molecule is COc1cccc(CN2CCN(Cc3csc(C)n3)CC2)c1OC.O=C(O)C(F)(F)F.O=C(O)C(F)(F)F.